The van der Waals surface area contributed by atoms with E-state index in [4.69, 9.17) is 0 Å². The molecule has 0 aliphatic heterocycles. The number of hydrogen-bond acceptors (Lipinski definition) is 4. The van der Waals surface area contributed by atoms with Gasteiger partial charge in [0.25, 0.3) is 0 Å². The molecule has 0 radical (unpaired) electrons. The standard InChI is InChI=1S/C16H21N3S/c1-12(2)8-17-11-14-4-6-15(7-5-14)20-16-18-9-13(3)10-19-16/h4-7,9-10,12,17H,8,11H2,1-3H3. The van der Waals surface area contributed by atoms with E-state index in [0.717, 1.165) is 23.8 Å². The summed E-state index contributed by atoms with van der Waals surface area (Å²) in [6.07, 6.45) is 3.69. The van der Waals surface area contributed by atoms with Gasteiger partial charge in [-0.25, -0.2) is 9.97 Å². The molecule has 0 saturated heterocycles. The average Bonchev–Trinajstić information content (AvgIpc) is 2.43. The van der Waals surface area contributed by atoms with E-state index in [1.165, 1.54) is 10.5 Å². The maximum atomic E-state index is 4.30. The molecule has 106 valence electrons. The predicted octanol–water partition coefficient (Wildman–Crippen LogP) is 3.68. The molecule has 0 fully saturated rings. The minimum absolute atomic E-state index is 0.684. The first-order chi connectivity index (χ1) is 9.63. The number of hydrogen-bond donors (Lipinski definition) is 1. The van der Waals surface area contributed by atoms with Crippen molar-refractivity contribution in [2.24, 2.45) is 5.92 Å². The minimum Gasteiger partial charge on any atom is -0.312 e. The zero-order chi connectivity index (χ0) is 14.4. The molecular formula is C16H21N3S. The second-order valence-corrected chi connectivity index (χ2v) is 6.35. The summed E-state index contributed by atoms with van der Waals surface area (Å²) in [6.45, 7) is 8.40. The van der Waals surface area contributed by atoms with Crippen LogP contribution in [0.5, 0.6) is 0 Å². The van der Waals surface area contributed by atoms with E-state index in [9.17, 15) is 0 Å². The van der Waals surface area contributed by atoms with Gasteiger partial charge in [-0.05, 0) is 54.4 Å². The van der Waals surface area contributed by atoms with E-state index in [2.05, 4.69) is 53.4 Å². The zero-order valence-electron chi connectivity index (χ0n) is 12.3. The van der Waals surface area contributed by atoms with E-state index in [1.807, 2.05) is 19.3 Å². The lowest BCUT2D eigenvalue weighted by Gasteiger charge is -2.08. The van der Waals surface area contributed by atoms with E-state index in [1.54, 1.807) is 11.8 Å². The number of benzene rings is 1. The first-order valence-corrected chi connectivity index (χ1v) is 7.71. The summed E-state index contributed by atoms with van der Waals surface area (Å²) in [5.41, 5.74) is 2.39. The summed E-state index contributed by atoms with van der Waals surface area (Å²) >= 11 is 1.59. The molecule has 0 spiro atoms. The van der Waals surface area contributed by atoms with Crippen molar-refractivity contribution in [3.05, 3.63) is 47.8 Å². The maximum Gasteiger partial charge on any atom is 0.192 e. The summed E-state index contributed by atoms with van der Waals surface area (Å²) in [5.74, 6) is 0.684. The lowest BCUT2D eigenvalue weighted by atomic mass is 10.2. The average molecular weight is 287 g/mol. The molecule has 3 nitrogen and oxygen atoms in total. The Morgan fingerprint density at radius 3 is 2.35 bits per heavy atom. The van der Waals surface area contributed by atoms with Crippen molar-refractivity contribution >= 4 is 11.8 Å². The van der Waals surface area contributed by atoms with Crippen molar-refractivity contribution in [1.82, 2.24) is 15.3 Å². The summed E-state index contributed by atoms with van der Waals surface area (Å²) in [7, 11) is 0. The predicted molar refractivity (Wildman–Crippen MR) is 83.9 cm³/mol. The van der Waals surface area contributed by atoms with Crippen molar-refractivity contribution < 1.29 is 0 Å². The van der Waals surface area contributed by atoms with Crippen LogP contribution in [0.1, 0.15) is 25.0 Å². The number of nitrogens with zero attached hydrogens (tertiary/aromatic N) is 2. The van der Waals surface area contributed by atoms with Crippen LogP contribution in [0.15, 0.2) is 46.7 Å². The molecule has 0 aliphatic rings. The highest BCUT2D eigenvalue weighted by Gasteiger charge is 2.01. The normalized spacial score (nSPS) is 11.0. The first-order valence-electron chi connectivity index (χ1n) is 6.89. The molecule has 0 aliphatic carbocycles. The molecule has 1 N–H and O–H groups in total. The summed E-state index contributed by atoms with van der Waals surface area (Å²) < 4.78 is 0. The van der Waals surface area contributed by atoms with Crippen LogP contribution in [0.4, 0.5) is 0 Å². The Labute approximate surface area is 125 Å². The molecule has 1 aromatic heterocycles. The van der Waals surface area contributed by atoms with Crippen LogP contribution in [0, 0.1) is 12.8 Å². The number of aryl methyl sites for hydroxylation is 1. The number of aromatic nitrogens is 2. The Balaban J connectivity index is 1.89. The monoisotopic (exact) mass is 287 g/mol. The van der Waals surface area contributed by atoms with Gasteiger partial charge in [0.2, 0.25) is 0 Å². The van der Waals surface area contributed by atoms with E-state index >= 15 is 0 Å². The zero-order valence-corrected chi connectivity index (χ0v) is 13.1. The molecule has 0 atom stereocenters. The quantitative estimate of drug-likeness (QED) is 0.822. The van der Waals surface area contributed by atoms with Crippen LogP contribution in [-0.4, -0.2) is 16.5 Å². The van der Waals surface area contributed by atoms with Crippen LogP contribution in [-0.2, 0) is 6.54 Å². The van der Waals surface area contributed by atoms with Gasteiger partial charge in [0.15, 0.2) is 5.16 Å². The van der Waals surface area contributed by atoms with Gasteiger partial charge >= 0.3 is 0 Å². The molecule has 0 saturated carbocycles. The molecule has 4 heteroatoms. The van der Waals surface area contributed by atoms with Crippen LogP contribution in [0.25, 0.3) is 0 Å². The molecule has 0 bridgehead atoms. The van der Waals surface area contributed by atoms with Gasteiger partial charge in [-0.15, -0.1) is 0 Å². The Morgan fingerprint density at radius 1 is 1.10 bits per heavy atom. The molecule has 2 rings (SSSR count). The maximum absolute atomic E-state index is 4.30. The second-order valence-electron chi connectivity index (χ2n) is 5.31. The Kier molecular flexibility index (Phi) is 5.56. The lowest BCUT2D eigenvalue weighted by Crippen LogP contribution is -2.18. The summed E-state index contributed by atoms with van der Waals surface area (Å²) in [6, 6.07) is 8.56. The third-order valence-corrected chi connectivity index (χ3v) is 3.67. The van der Waals surface area contributed by atoms with Crippen LogP contribution in [0.3, 0.4) is 0 Å². The van der Waals surface area contributed by atoms with Gasteiger partial charge in [-0.1, -0.05) is 26.0 Å². The van der Waals surface area contributed by atoms with Gasteiger partial charge in [-0.3, -0.25) is 0 Å². The van der Waals surface area contributed by atoms with Gasteiger partial charge < -0.3 is 5.32 Å². The fourth-order valence-corrected chi connectivity index (χ4v) is 2.41. The molecule has 1 aromatic carbocycles. The summed E-state index contributed by atoms with van der Waals surface area (Å²) in [5, 5.41) is 4.24. The highest BCUT2D eigenvalue weighted by atomic mass is 32.2. The molecule has 20 heavy (non-hydrogen) atoms. The first kappa shape index (κ1) is 15.0. The second kappa shape index (κ2) is 7.41. The molecule has 0 unspecified atom stereocenters. The van der Waals surface area contributed by atoms with Crippen molar-refractivity contribution in [2.45, 2.75) is 37.4 Å². The Hall–Kier alpha value is -1.39. The third-order valence-electron chi connectivity index (χ3n) is 2.77. The highest BCUT2D eigenvalue weighted by Crippen LogP contribution is 2.24. The van der Waals surface area contributed by atoms with E-state index in [-0.39, 0.29) is 0 Å². The molecule has 2 aromatic rings. The summed E-state index contributed by atoms with van der Waals surface area (Å²) in [4.78, 5) is 9.78. The minimum atomic E-state index is 0.684. The van der Waals surface area contributed by atoms with E-state index in [0.29, 0.717) is 5.92 Å². The van der Waals surface area contributed by atoms with Crippen LogP contribution < -0.4 is 5.32 Å². The molecular weight excluding hydrogens is 266 g/mol. The van der Waals surface area contributed by atoms with Gasteiger partial charge in [-0.2, -0.15) is 0 Å². The Bertz CT molecular complexity index is 520. The van der Waals surface area contributed by atoms with Crippen molar-refractivity contribution in [1.29, 1.82) is 0 Å². The van der Waals surface area contributed by atoms with Crippen molar-refractivity contribution in [2.75, 3.05) is 6.54 Å². The molecule has 1 heterocycles. The van der Waals surface area contributed by atoms with Crippen molar-refractivity contribution in [3.8, 4) is 0 Å². The highest BCUT2D eigenvalue weighted by molar-refractivity contribution is 7.99. The van der Waals surface area contributed by atoms with Crippen LogP contribution in [0.2, 0.25) is 0 Å². The lowest BCUT2D eigenvalue weighted by molar-refractivity contribution is 0.552. The number of nitrogens with one attached hydrogen (secondary N) is 1. The smallest absolute Gasteiger partial charge is 0.192 e. The van der Waals surface area contributed by atoms with Gasteiger partial charge in [0.1, 0.15) is 0 Å². The van der Waals surface area contributed by atoms with Gasteiger partial charge in [0, 0.05) is 23.8 Å². The molecule has 0 amide bonds. The Morgan fingerprint density at radius 2 is 1.75 bits per heavy atom. The number of rotatable bonds is 6. The van der Waals surface area contributed by atoms with Gasteiger partial charge in [0.05, 0.1) is 0 Å². The SMILES string of the molecule is Cc1cnc(Sc2ccc(CNCC(C)C)cc2)nc1. The third kappa shape index (κ3) is 4.94. The largest absolute Gasteiger partial charge is 0.312 e. The van der Waals surface area contributed by atoms with Crippen LogP contribution >= 0.6 is 11.8 Å². The fraction of sp³-hybridized carbons (Fsp3) is 0.375. The van der Waals surface area contributed by atoms with E-state index < -0.39 is 0 Å². The fourth-order valence-electron chi connectivity index (χ4n) is 1.72. The topological polar surface area (TPSA) is 37.8 Å². The van der Waals surface area contributed by atoms with Crippen molar-refractivity contribution in [3.63, 3.8) is 0 Å².